The normalized spacial score (nSPS) is 9.93. The smallest absolute Gasteiger partial charge is 0.240 e. The summed E-state index contributed by atoms with van der Waals surface area (Å²) in [7, 11) is 1.60. The van der Waals surface area contributed by atoms with Crippen molar-refractivity contribution in [3.05, 3.63) is 10.7 Å². The number of halogens is 1. The zero-order valence-electron chi connectivity index (χ0n) is 7.66. The van der Waals surface area contributed by atoms with Gasteiger partial charge in [-0.05, 0) is 15.9 Å². The number of nitrogen functional groups attached to an aromatic ring is 1. The molecule has 0 spiro atoms. The third-order valence-electron chi connectivity index (χ3n) is 1.37. The fourth-order valence-electron chi connectivity index (χ4n) is 0.744. The van der Waals surface area contributed by atoms with Crippen LogP contribution in [0.5, 0.6) is 5.88 Å². The van der Waals surface area contributed by atoms with Crippen LogP contribution < -0.4 is 16.0 Å². The first-order chi connectivity index (χ1) is 6.77. The van der Waals surface area contributed by atoms with E-state index in [0.29, 0.717) is 29.5 Å². The van der Waals surface area contributed by atoms with Crippen LogP contribution in [0.3, 0.4) is 0 Å². The number of rotatable bonds is 5. The van der Waals surface area contributed by atoms with Crippen molar-refractivity contribution in [2.75, 3.05) is 25.7 Å². The summed E-state index contributed by atoms with van der Waals surface area (Å²) in [4.78, 5) is 7.87. The predicted molar refractivity (Wildman–Crippen MR) is 54.9 cm³/mol. The van der Waals surface area contributed by atoms with Crippen molar-refractivity contribution in [2.45, 2.75) is 0 Å². The molecule has 1 heterocycles. The Bertz CT molecular complexity index is 297. The van der Waals surface area contributed by atoms with E-state index >= 15 is 0 Å². The van der Waals surface area contributed by atoms with Crippen molar-refractivity contribution in [3.63, 3.8) is 0 Å². The third-order valence-corrected chi connectivity index (χ3v) is 1.91. The van der Waals surface area contributed by atoms with Gasteiger partial charge in [-0.1, -0.05) is 0 Å². The number of hydrogen-bond donors (Lipinski definition) is 2. The van der Waals surface area contributed by atoms with E-state index in [0.717, 1.165) is 0 Å². The van der Waals surface area contributed by atoms with Gasteiger partial charge in [0.2, 0.25) is 11.8 Å². The summed E-state index contributed by atoms with van der Waals surface area (Å²) in [5.74, 6) is 5.89. The van der Waals surface area contributed by atoms with Gasteiger partial charge in [0.25, 0.3) is 0 Å². The maximum Gasteiger partial charge on any atom is 0.240 e. The van der Waals surface area contributed by atoms with E-state index in [1.807, 2.05) is 0 Å². The molecule has 0 aliphatic heterocycles. The Labute approximate surface area is 89.9 Å². The zero-order valence-corrected chi connectivity index (χ0v) is 9.24. The number of nitrogens with one attached hydrogen (secondary N) is 1. The summed E-state index contributed by atoms with van der Waals surface area (Å²) in [6, 6.07) is 0. The quantitative estimate of drug-likeness (QED) is 0.458. The monoisotopic (exact) mass is 262 g/mol. The molecule has 3 N–H and O–H groups in total. The molecular formula is C7H11BrN4O2. The second-order valence-electron chi connectivity index (χ2n) is 2.33. The molecule has 0 fully saturated rings. The number of methoxy groups -OCH3 is 1. The fourth-order valence-corrected chi connectivity index (χ4v) is 1.05. The summed E-state index contributed by atoms with van der Waals surface area (Å²) < 4.78 is 10.8. The van der Waals surface area contributed by atoms with Crippen LogP contribution in [0.1, 0.15) is 0 Å². The van der Waals surface area contributed by atoms with Gasteiger partial charge >= 0.3 is 0 Å². The predicted octanol–water partition coefficient (Wildman–Crippen LogP) is 0.550. The first-order valence-corrected chi connectivity index (χ1v) is 4.68. The van der Waals surface area contributed by atoms with Gasteiger partial charge in [0.15, 0.2) is 0 Å². The molecule has 0 unspecified atom stereocenters. The van der Waals surface area contributed by atoms with Crippen molar-refractivity contribution < 1.29 is 9.47 Å². The molecule has 0 saturated heterocycles. The molecule has 0 saturated carbocycles. The Morgan fingerprint density at radius 3 is 3.00 bits per heavy atom. The highest BCUT2D eigenvalue weighted by molar-refractivity contribution is 9.10. The Balaban J connectivity index is 2.64. The largest absolute Gasteiger partial charge is 0.474 e. The Morgan fingerprint density at radius 1 is 1.57 bits per heavy atom. The van der Waals surface area contributed by atoms with Gasteiger partial charge in [-0.25, -0.2) is 10.8 Å². The lowest BCUT2D eigenvalue weighted by Gasteiger charge is -2.07. The molecule has 0 bridgehead atoms. The topological polar surface area (TPSA) is 82.3 Å². The van der Waals surface area contributed by atoms with Gasteiger partial charge in [-0.2, -0.15) is 4.98 Å². The molecule has 1 aromatic rings. The van der Waals surface area contributed by atoms with Gasteiger partial charge in [0.05, 0.1) is 17.3 Å². The van der Waals surface area contributed by atoms with Crippen molar-refractivity contribution in [1.29, 1.82) is 0 Å². The van der Waals surface area contributed by atoms with Gasteiger partial charge in [0.1, 0.15) is 6.61 Å². The highest BCUT2D eigenvalue weighted by Crippen LogP contribution is 2.21. The Kier molecular flexibility index (Phi) is 4.57. The molecular weight excluding hydrogens is 252 g/mol. The minimum Gasteiger partial charge on any atom is -0.474 e. The van der Waals surface area contributed by atoms with E-state index in [-0.39, 0.29) is 0 Å². The molecule has 0 atom stereocenters. The van der Waals surface area contributed by atoms with Gasteiger partial charge < -0.3 is 9.47 Å². The van der Waals surface area contributed by atoms with Crippen LogP contribution in [-0.4, -0.2) is 30.3 Å². The Hall–Kier alpha value is -0.920. The van der Waals surface area contributed by atoms with Crippen molar-refractivity contribution >= 4 is 21.9 Å². The molecule has 0 aliphatic rings. The number of aromatic nitrogens is 2. The lowest BCUT2D eigenvalue weighted by Crippen LogP contribution is -2.12. The van der Waals surface area contributed by atoms with E-state index in [1.165, 1.54) is 0 Å². The maximum atomic E-state index is 5.30. The summed E-state index contributed by atoms with van der Waals surface area (Å²) >= 11 is 3.25. The van der Waals surface area contributed by atoms with Crippen LogP contribution in [0.2, 0.25) is 0 Å². The minimum absolute atomic E-state index is 0.306. The molecule has 0 radical (unpaired) electrons. The molecule has 0 aromatic carbocycles. The first kappa shape index (κ1) is 11.2. The maximum absolute atomic E-state index is 5.30. The average Bonchev–Trinajstić information content (AvgIpc) is 2.21. The van der Waals surface area contributed by atoms with Gasteiger partial charge in [0, 0.05) is 7.11 Å². The minimum atomic E-state index is 0.306. The molecule has 14 heavy (non-hydrogen) atoms. The summed E-state index contributed by atoms with van der Waals surface area (Å²) in [5.41, 5.74) is 2.33. The van der Waals surface area contributed by atoms with Crippen molar-refractivity contribution in [1.82, 2.24) is 9.97 Å². The summed E-state index contributed by atoms with van der Waals surface area (Å²) in [6.07, 6.45) is 1.56. The number of nitrogens with zero attached hydrogens (tertiary/aromatic N) is 2. The molecule has 6 nitrogen and oxygen atoms in total. The van der Waals surface area contributed by atoms with Crippen molar-refractivity contribution in [3.8, 4) is 5.88 Å². The Morgan fingerprint density at radius 2 is 2.36 bits per heavy atom. The summed E-state index contributed by atoms with van der Waals surface area (Å²) in [6.45, 7) is 0.929. The number of hydrogen-bond acceptors (Lipinski definition) is 6. The van der Waals surface area contributed by atoms with Crippen molar-refractivity contribution in [2.24, 2.45) is 5.84 Å². The standard InChI is InChI=1S/C7H11BrN4O2/c1-13-2-3-14-6-5(8)4-10-7(11-6)12-9/h4H,2-3,9H2,1H3,(H,10,11,12). The number of nitrogens with two attached hydrogens (primary N) is 1. The molecule has 0 amide bonds. The molecule has 7 heteroatoms. The zero-order chi connectivity index (χ0) is 10.4. The van der Waals surface area contributed by atoms with E-state index in [2.05, 4.69) is 31.3 Å². The van der Waals surface area contributed by atoms with Gasteiger partial charge in [-0.15, -0.1) is 0 Å². The SMILES string of the molecule is COCCOc1nc(NN)ncc1Br. The lowest BCUT2D eigenvalue weighted by atomic mass is 10.6. The average molecular weight is 263 g/mol. The molecule has 78 valence electrons. The molecule has 1 rings (SSSR count). The van der Waals surface area contributed by atoms with Gasteiger partial charge in [-0.3, -0.25) is 5.43 Å². The van der Waals surface area contributed by atoms with Crippen LogP contribution in [0, 0.1) is 0 Å². The second-order valence-corrected chi connectivity index (χ2v) is 3.19. The highest BCUT2D eigenvalue weighted by Gasteiger charge is 2.04. The second kappa shape index (κ2) is 5.74. The van der Waals surface area contributed by atoms with Crippen LogP contribution in [0.15, 0.2) is 10.7 Å². The molecule has 0 aliphatic carbocycles. The highest BCUT2D eigenvalue weighted by atomic mass is 79.9. The number of anilines is 1. The van der Waals surface area contributed by atoms with Crippen LogP contribution in [-0.2, 0) is 4.74 Å². The van der Waals surface area contributed by atoms with E-state index in [4.69, 9.17) is 15.3 Å². The third kappa shape index (κ3) is 3.09. The fraction of sp³-hybridized carbons (Fsp3) is 0.429. The number of ether oxygens (including phenoxy) is 2. The number of hydrazine groups is 1. The van der Waals surface area contributed by atoms with Crippen LogP contribution >= 0.6 is 15.9 Å². The van der Waals surface area contributed by atoms with Crippen LogP contribution in [0.25, 0.3) is 0 Å². The van der Waals surface area contributed by atoms with E-state index < -0.39 is 0 Å². The van der Waals surface area contributed by atoms with Crippen LogP contribution in [0.4, 0.5) is 5.95 Å². The lowest BCUT2D eigenvalue weighted by molar-refractivity contribution is 0.143. The first-order valence-electron chi connectivity index (χ1n) is 3.89. The van der Waals surface area contributed by atoms with E-state index in [9.17, 15) is 0 Å². The molecule has 1 aromatic heterocycles. The van der Waals surface area contributed by atoms with E-state index in [1.54, 1.807) is 13.3 Å². The summed E-state index contributed by atoms with van der Waals surface area (Å²) in [5, 5.41) is 0.